The molecule has 5 nitrogen and oxygen atoms in total. The second kappa shape index (κ2) is 8.15. The molecule has 0 saturated carbocycles. The van der Waals surface area contributed by atoms with E-state index >= 15 is 0 Å². The molecular weight excluding hydrogens is 318 g/mol. The van der Waals surface area contributed by atoms with Gasteiger partial charge in [0.15, 0.2) is 0 Å². The fourth-order valence-corrected chi connectivity index (χ4v) is 2.52. The van der Waals surface area contributed by atoms with Gasteiger partial charge in [0, 0.05) is 17.1 Å². The Morgan fingerprint density at radius 1 is 0.920 bits per heavy atom. The summed E-state index contributed by atoms with van der Waals surface area (Å²) in [5, 5.41) is 0.969. The molecule has 5 heteroatoms. The van der Waals surface area contributed by atoms with Crippen molar-refractivity contribution in [3.63, 3.8) is 0 Å². The Balaban J connectivity index is 1.59. The van der Waals surface area contributed by atoms with Crippen molar-refractivity contribution in [1.82, 2.24) is 4.98 Å². The number of esters is 1. The number of rotatable bonds is 7. The number of benzene rings is 2. The van der Waals surface area contributed by atoms with Crippen LogP contribution in [0.4, 0.5) is 0 Å². The molecule has 1 aromatic heterocycles. The zero-order valence-corrected chi connectivity index (χ0v) is 14.0. The Morgan fingerprint density at radius 2 is 1.64 bits per heavy atom. The number of hydrogen-bond donors (Lipinski definition) is 0. The van der Waals surface area contributed by atoms with Crippen LogP contribution in [0.5, 0.6) is 11.5 Å². The second-order valence-electron chi connectivity index (χ2n) is 5.38. The van der Waals surface area contributed by atoms with Gasteiger partial charge in [-0.2, -0.15) is 0 Å². The standard InChI is InChI=1S/C20H19NO4/c1-23-20(22)14-15-6-2-5-9-18(15)24-12-13-25-19-10-11-21-17-8-4-3-7-16(17)19/h2-11H,12-14H2,1H3. The van der Waals surface area contributed by atoms with E-state index in [-0.39, 0.29) is 12.4 Å². The molecule has 25 heavy (non-hydrogen) atoms. The molecule has 0 aliphatic carbocycles. The number of hydrogen-bond acceptors (Lipinski definition) is 5. The molecule has 0 amide bonds. The van der Waals surface area contributed by atoms with Crippen molar-refractivity contribution in [1.29, 1.82) is 0 Å². The quantitative estimate of drug-likeness (QED) is 0.488. The number of aromatic nitrogens is 1. The van der Waals surface area contributed by atoms with Gasteiger partial charge < -0.3 is 14.2 Å². The minimum absolute atomic E-state index is 0.183. The summed E-state index contributed by atoms with van der Waals surface area (Å²) in [5.74, 6) is 1.14. The Kier molecular flexibility index (Phi) is 5.46. The van der Waals surface area contributed by atoms with Gasteiger partial charge in [-0.1, -0.05) is 30.3 Å². The third-order valence-electron chi connectivity index (χ3n) is 3.74. The number of fused-ring (bicyclic) bond motifs is 1. The van der Waals surface area contributed by atoms with Crippen LogP contribution in [-0.4, -0.2) is 31.3 Å². The lowest BCUT2D eigenvalue weighted by molar-refractivity contribution is -0.139. The number of pyridine rings is 1. The normalized spacial score (nSPS) is 10.4. The van der Waals surface area contributed by atoms with Gasteiger partial charge in [-0.3, -0.25) is 9.78 Å². The first-order valence-corrected chi connectivity index (χ1v) is 8.02. The highest BCUT2D eigenvalue weighted by Gasteiger charge is 2.09. The topological polar surface area (TPSA) is 57.7 Å². The van der Waals surface area contributed by atoms with Crippen LogP contribution in [-0.2, 0) is 16.0 Å². The molecule has 0 fully saturated rings. The molecule has 0 radical (unpaired) electrons. The van der Waals surface area contributed by atoms with E-state index in [2.05, 4.69) is 4.98 Å². The lowest BCUT2D eigenvalue weighted by Gasteiger charge is -2.12. The van der Waals surface area contributed by atoms with Gasteiger partial charge in [-0.15, -0.1) is 0 Å². The van der Waals surface area contributed by atoms with Crippen molar-refractivity contribution < 1.29 is 19.0 Å². The smallest absolute Gasteiger partial charge is 0.310 e. The van der Waals surface area contributed by atoms with Gasteiger partial charge in [0.2, 0.25) is 0 Å². The monoisotopic (exact) mass is 337 g/mol. The molecule has 0 bridgehead atoms. The SMILES string of the molecule is COC(=O)Cc1ccccc1OCCOc1ccnc2ccccc12. The average Bonchev–Trinajstić information content (AvgIpc) is 2.66. The van der Waals surface area contributed by atoms with Crippen molar-refractivity contribution in [2.24, 2.45) is 0 Å². The minimum atomic E-state index is -0.296. The molecule has 2 aromatic carbocycles. The molecule has 128 valence electrons. The molecule has 1 heterocycles. The summed E-state index contributed by atoms with van der Waals surface area (Å²) in [6.07, 6.45) is 1.91. The van der Waals surface area contributed by atoms with Gasteiger partial charge in [0.1, 0.15) is 24.7 Å². The fraction of sp³-hybridized carbons (Fsp3) is 0.200. The lowest BCUT2D eigenvalue weighted by atomic mass is 10.1. The van der Waals surface area contributed by atoms with Crippen LogP contribution in [0.3, 0.4) is 0 Å². The Morgan fingerprint density at radius 3 is 2.48 bits per heavy atom. The maximum atomic E-state index is 11.5. The zero-order valence-electron chi connectivity index (χ0n) is 14.0. The van der Waals surface area contributed by atoms with Crippen LogP contribution in [0.1, 0.15) is 5.56 Å². The van der Waals surface area contributed by atoms with Crippen LogP contribution < -0.4 is 9.47 Å². The van der Waals surface area contributed by atoms with E-state index in [1.54, 1.807) is 6.20 Å². The number of carbonyl (C=O) groups is 1. The number of ether oxygens (including phenoxy) is 3. The fourth-order valence-electron chi connectivity index (χ4n) is 2.52. The third kappa shape index (κ3) is 4.26. The summed E-state index contributed by atoms with van der Waals surface area (Å²) in [6.45, 7) is 0.759. The molecule has 0 aliphatic rings. The molecule has 0 atom stereocenters. The average molecular weight is 337 g/mol. The van der Waals surface area contributed by atoms with E-state index in [0.29, 0.717) is 19.0 Å². The lowest BCUT2D eigenvalue weighted by Crippen LogP contribution is -2.11. The van der Waals surface area contributed by atoms with Gasteiger partial charge in [-0.25, -0.2) is 0 Å². The largest absolute Gasteiger partial charge is 0.490 e. The highest BCUT2D eigenvalue weighted by atomic mass is 16.5. The maximum Gasteiger partial charge on any atom is 0.310 e. The van der Waals surface area contributed by atoms with Crippen molar-refractivity contribution in [3.05, 3.63) is 66.4 Å². The Hall–Kier alpha value is -3.08. The van der Waals surface area contributed by atoms with Gasteiger partial charge >= 0.3 is 5.97 Å². The molecule has 0 spiro atoms. The van der Waals surface area contributed by atoms with Crippen molar-refractivity contribution in [3.8, 4) is 11.5 Å². The van der Waals surface area contributed by atoms with Crippen molar-refractivity contribution in [2.75, 3.05) is 20.3 Å². The number of nitrogens with zero attached hydrogens (tertiary/aromatic N) is 1. The number of methoxy groups -OCH3 is 1. The van der Waals surface area contributed by atoms with E-state index < -0.39 is 0 Å². The van der Waals surface area contributed by atoms with Crippen LogP contribution in [0.25, 0.3) is 10.9 Å². The molecule has 0 aliphatic heterocycles. The Labute approximate surface area is 146 Å². The van der Waals surface area contributed by atoms with E-state index in [0.717, 1.165) is 22.2 Å². The van der Waals surface area contributed by atoms with Gasteiger partial charge in [-0.05, 0) is 24.3 Å². The first-order chi connectivity index (χ1) is 12.3. The predicted molar refractivity (Wildman–Crippen MR) is 94.9 cm³/mol. The maximum absolute atomic E-state index is 11.5. The van der Waals surface area contributed by atoms with Crippen molar-refractivity contribution >= 4 is 16.9 Å². The van der Waals surface area contributed by atoms with E-state index in [1.807, 2.05) is 54.6 Å². The first-order valence-electron chi connectivity index (χ1n) is 8.02. The zero-order chi connectivity index (χ0) is 17.5. The summed E-state index contributed by atoms with van der Waals surface area (Å²) < 4.78 is 16.3. The number of para-hydroxylation sites is 2. The number of carbonyl (C=O) groups excluding carboxylic acids is 1. The summed E-state index contributed by atoms with van der Waals surface area (Å²) in [5.41, 5.74) is 1.69. The first kappa shape index (κ1) is 16.8. The molecule has 3 rings (SSSR count). The molecule has 0 saturated heterocycles. The summed E-state index contributed by atoms with van der Waals surface area (Å²) in [4.78, 5) is 15.8. The summed E-state index contributed by atoms with van der Waals surface area (Å²) in [7, 11) is 1.37. The van der Waals surface area contributed by atoms with E-state index in [4.69, 9.17) is 14.2 Å². The summed E-state index contributed by atoms with van der Waals surface area (Å²) in [6, 6.07) is 17.1. The van der Waals surface area contributed by atoms with Crippen LogP contribution in [0.2, 0.25) is 0 Å². The molecular formula is C20H19NO4. The molecule has 0 unspecified atom stereocenters. The van der Waals surface area contributed by atoms with E-state index in [1.165, 1.54) is 7.11 Å². The minimum Gasteiger partial charge on any atom is -0.490 e. The Bertz CT molecular complexity index is 858. The van der Waals surface area contributed by atoms with Crippen LogP contribution >= 0.6 is 0 Å². The van der Waals surface area contributed by atoms with Gasteiger partial charge in [0.25, 0.3) is 0 Å². The van der Waals surface area contributed by atoms with Crippen LogP contribution in [0, 0.1) is 0 Å². The van der Waals surface area contributed by atoms with E-state index in [9.17, 15) is 4.79 Å². The highest BCUT2D eigenvalue weighted by molar-refractivity contribution is 5.84. The highest BCUT2D eigenvalue weighted by Crippen LogP contribution is 2.23. The van der Waals surface area contributed by atoms with Gasteiger partial charge in [0.05, 0.1) is 19.0 Å². The van der Waals surface area contributed by atoms with Crippen LogP contribution in [0.15, 0.2) is 60.8 Å². The molecule has 3 aromatic rings. The predicted octanol–water partition coefficient (Wildman–Crippen LogP) is 3.41. The summed E-state index contributed by atoms with van der Waals surface area (Å²) >= 11 is 0. The molecule has 0 N–H and O–H groups in total. The second-order valence-corrected chi connectivity index (χ2v) is 5.38. The van der Waals surface area contributed by atoms with Crippen molar-refractivity contribution in [2.45, 2.75) is 6.42 Å². The third-order valence-corrected chi connectivity index (χ3v) is 3.74.